The number of hydrogen-bond acceptors (Lipinski definition) is 3. The van der Waals surface area contributed by atoms with Crippen molar-refractivity contribution in [3.05, 3.63) is 144 Å². The van der Waals surface area contributed by atoms with Gasteiger partial charge in [0.05, 0.1) is 11.0 Å². The van der Waals surface area contributed by atoms with Crippen molar-refractivity contribution in [3.63, 3.8) is 0 Å². The fourth-order valence-corrected chi connectivity index (χ4v) is 13.5. The lowest BCUT2D eigenvalue weighted by molar-refractivity contribution is 0.667. The molecule has 0 atom stereocenters. The number of benzene rings is 7. The summed E-state index contributed by atoms with van der Waals surface area (Å²) in [5, 5.41) is 5.45. The monoisotopic (exact) mass is 717 g/mol. The summed E-state index contributed by atoms with van der Waals surface area (Å²) >= 11 is 5.87. The van der Waals surface area contributed by atoms with Gasteiger partial charge in [0, 0.05) is 67.2 Å². The summed E-state index contributed by atoms with van der Waals surface area (Å²) < 4.78 is 5.38. The maximum atomic E-state index is 2.63. The number of aromatic nitrogens is 1. The molecule has 0 saturated carbocycles. The lowest BCUT2D eigenvalue weighted by Gasteiger charge is -2.34. The Kier molecular flexibility index (Phi) is 5.89. The van der Waals surface area contributed by atoms with E-state index in [1.807, 2.05) is 34.9 Å². The molecule has 7 aromatic carbocycles. The molecule has 2 aromatic heterocycles. The SMILES string of the molecule is Cc1ccc2c(c1)B1c3cc(C)ccc3Sc3cc(-n4c5ccccc5c5c6c(c7sc8ccccc8c7c54)-c4ccccc4C6(C)C)cc(c31)S2. The molecule has 3 aliphatic rings. The third-order valence-corrected chi connectivity index (χ3v) is 15.4. The molecule has 0 saturated heterocycles. The van der Waals surface area contributed by atoms with Crippen LogP contribution in [0.15, 0.2) is 141 Å². The maximum absolute atomic E-state index is 2.63. The van der Waals surface area contributed by atoms with E-state index in [0.717, 1.165) is 0 Å². The minimum Gasteiger partial charge on any atom is -0.308 e. The van der Waals surface area contributed by atoms with Gasteiger partial charge in [-0.1, -0.05) is 144 Å². The number of hydrogen-bond donors (Lipinski definition) is 0. The standard InChI is InChI=1S/C47H32BNS3/c1-25-17-19-36-32(21-25)48-33-22-26(2)18-20-37(33)51-39-24-27(23-38(50-36)44(39)48)49-34-15-9-6-12-29(34)40-43-41(28-11-5-8-14-31(28)47(43,3)4)46-42(45(40)49)30-13-7-10-16-35(30)52-46/h5-24H,1-4H3. The number of fused-ring (bicyclic) bond motifs is 16. The van der Waals surface area contributed by atoms with Gasteiger partial charge in [0.2, 0.25) is 6.71 Å². The molecule has 0 amide bonds. The van der Waals surface area contributed by atoms with E-state index in [2.05, 4.69) is 154 Å². The second-order valence-electron chi connectivity index (χ2n) is 15.4. The zero-order chi connectivity index (χ0) is 34.6. The van der Waals surface area contributed by atoms with Crippen molar-refractivity contribution in [2.24, 2.45) is 0 Å². The second-order valence-corrected chi connectivity index (χ2v) is 18.6. The quantitative estimate of drug-likeness (QED) is 0.156. The Morgan fingerprint density at radius 2 is 1.25 bits per heavy atom. The Morgan fingerprint density at radius 3 is 1.98 bits per heavy atom. The van der Waals surface area contributed by atoms with E-state index in [9.17, 15) is 0 Å². The van der Waals surface area contributed by atoms with E-state index >= 15 is 0 Å². The smallest absolute Gasteiger partial charge is 0.247 e. The molecule has 0 fully saturated rings. The molecule has 5 heteroatoms. The van der Waals surface area contributed by atoms with Crippen molar-refractivity contribution < 1.29 is 0 Å². The average molecular weight is 718 g/mol. The van der Waals surface area contributed by atoms with Gasteiger partial charge in [-0.25, -0.2) is 0 Å². The lowest BCUT2D eigenvalue weighted by Crippen LogP contribution is -2.58. The van der Waals surface area contributed by atoms with Gasteiger partial charge in [0.15, 0.2) is 0 Å². The highest BCUT2D eigenvalue weighted by molar-refractivity contribution is 8.01. The number of thiophene rings is 1. The van der Waals surface area contributed by atoms with Crippen molar-refractivity contribution >= 4 is 99.9 Å². The van der Waals surface area contributed by atoms with E-state index in [1.165, 1.54) is 117 Å². The van der Waals surface area contributed by atoms with Gasteiger partial charge in [0.1, 0.15) is 0 Å². The Hall–Kier alpha value is -4.68. The largest absolute Gasteiger partial charge is 0.308 e. The first-order chi connectivity index (χ1) is 25.4. The fraction of sp³-hybridized carbons (Fsp3) is 0.106. The third-order valence-electron chi connectivity index (χ3n) is 12.0. The number of para-hydroxylation sites is 1. The van der Waals surface area contributed by atoms with Crippen molar-refractivity contribution in [1.29, 1.82) is 0 Å². The molecule has 1 aliphatic carbocycles. The topological polar surface area (TPSA) is 4.93 Å². The summed E-state index contributed by atoms with van der Waals surface area (Å²) in [5.41, 5.74) is 16.4. The average Bonchev–Trinajstić information content (AvgIpc) is 3.77. The molecule has 246 valence electrons. The zero-order valence-corrected chi connectivity index (χ0v) is 31.7. The van der Waals surface area contributed by atoms with Crippen LogP contribution in [0.5, 0.6) is 0 Å². The Balaban J connectivity index is 1.24. The van der Waals surface area contributed by atoms with Crippen LogP contribution in [0.1, 0.15) is 36.1 Å². The highest BCUT2D eigenvalue weighted by Crippen LogP contribution is 2.59. The van der Waals surface area contributed by atoms with Crippen LogP contribution in [-0.2, 0) is 5.41 Å². The van der Waals surface area contributed by atoms with Gasteiger partial charge in [-0.3, -0.25) is 0 Å². The van der Waals surface area contributed by atoms with Gasteiger partial charge < -0.3 is 4.57 Å². The first-order valence-corrected chi connectivity index (χ1v) is 20.6. The molecule has 0 bridgehead atoms. The lowest BCUT2D eigenvalue weighted by atomic mass is 9.36. The predicted molar refractivity (Wildman–Crippen MR) is 226 cm³/mol. The molecular weight excluding hydrogens is 686 g/mol. The highest BCUT2D eigenvalue weighted by Gasteiger charge is 2.42. The first kappa shape index (κ1) is 29.9. The highest BCUT2D eigenvalue weighted by atomic mass is 32.2. The summed E-state index contributed by atoms with van der Waals surface area (Å²) in [7, 11) is 0. The van der Waals surface area contributed by atoms with Crippen LogP contribution in [-0.4, -0.2) is 11.3 Å². The molecule has 1 nitrogen and oxygen atoms in total. The molecule has 9 aromatic rings. The van der Waals surface area contributed by atoms with Crippen molar-refractivity contribution in [2.75, 3.05) is 0 Å². The van der Waals surface area contributed by atoms with Gasteiger partial charge in [0.25, 0.3) is 0 Å². The van der Waals surface area contributed by atoms with Gasteiger partial charge in [-0.05, 0) is 72.4 Å². The van der Waals surface area contributed by atoms with Crippen molar-refractivity contribution in [2.45, 2.75) is 52.7 Å². The van der Waals surface area contributed by atoms with Crippen LogP contribution in [0.2, 0.25) is 0 Å². The van der Waals surface area contributed by atoms with Gasteiger partial charge in [-0.15, -0.1) is 11.3 Å². The third kappa shape index (κ3) is 3.74. The zero-order valence-electron chi connectivity index (χ0n) is 29.3. The molecule has 12 rings (SSSR count). The van der Waals surface area contributed by atoms with Crippen LogP contribution in [0.4, 0.5) is 0 Å². The van der Waals surface area contributed by atoms with Crippen LogP contribution in [0, 0.1) is 13.8 Å². The van der Waals surface area contributed by atoms with Crippen molar-refractivity contribution in [3.8, 4) is 16.8 Å². The molecule has 0 unspecified atom stereocenters. The number of rotatable bonds is 1. The summed E-state index contributed by atoms with van der Waals surface area (Å²) in [5.74, 6) is 0. The summed E-state index contributed by atoms with van der Waals surface area (Å²) in [4.78, 5) is 5.49. The maximum Gasteiger partial charge on any atom is 0.247 e. The molecule has 0 radical (unpaired) electrons. The molecule has 0 spiro atoms. The van der Waals surface area contributed by atoms with E-state index in [1.54, 1.807) is 0 Å². The summed E-state index contributed by atoms with van der Waals surface area (Å²) in [6.45, 7) is 9.58. The minimum atomic E-state index is -0.145. The van der Waals surface area contributed by atoms with E-state index in [-0.39, 0.29) is 12.1 Å². The van der Waals surface area contributed by atoms with Gasteiger partial charge >= 0.3 is 0 Å². The Morgan fingerprint density at radius 1 is 0.615 bits per heavy atom. The summed E-state index contributed by atoms with van der Waals surface area (Å²) in [6.07, 6.45) is 0. The van der Waals surface area contributed by atoms with E-state index in [0.29, 0.717) is 0 Å². The van der Waals surface area contributed by atoms with Crippen LogP contribution in [0.25, 0.3) is 58.8 Å². The number of nitrogens with zero attached hydrogens (tertiary/aromatic N) is 1. The Bertz CT molecular complexity index is 3010. The predicted octanol–water partition coefficient (Wildman–Crippen LogP) is 11.5. The number of aryl methyl sites for hydroxylation is 2. The Labute approximate surface area is 315 Å². The van der Waals surface area contributed by atoms with E-state index in [4.69, 9.17) is 0 Å². The minimum absolute atomic E-state index is 0.145. The van der Waals surface area contributed by atoms with E-state index < -0.39 is 0 Å². The molecule has 2 aliphatic heterocycles. The second kappa shape index (κ2) is 10.3. The molecule has 52 heavy (non-hydrogen) atoms. The summed E-state index contributed by atoms with van der Waals surface area (Å²) in [6, 6.07) is 46.5. The molecule has 0 N–H and O–H groups in total. The van der Waals surface area contributed by atoms with Crippen molar-refractivity contribution in [1.82, 2.24) is 4.57 Å². The van der Waals surface area contributed by atoms with Crippen LogP contribution in [0.3, 0.4) is 0 Å². The normalized spacial score (nSPS) is 14.9. The fourth-order valence-electron chi connectivity index (χ4n) is 9.81. The van der Waals surface area contributed by atoms with Gasteiger partial charge in [-0.2, -0.15) is 0 Å². The first-order valence-electron chi connectivity index (χ1n) is 18.1. The molecule has 4 heterocycles. The molecular formula is C47H32BNS3. The van der Waals surface area contributed by atoms with Crippen LogP contribution < -0.4 is 16.4 Å². The van der Waals surface area contributed by atoms with Crippen LogP contribution >= 0.6 is 34.9 Å².